The lowest BCUT2D eigenvalue weighted by molar-refractivity contribution is 0.170. The Balaban J connectivity index is 2.06. The summed E-state index contributed by atoms with van der Waals surface area (Å²) in [5, 5.41) is 0. The van der Waals surface area contributed by atoms with Crippen molar-refractivity contribution < 1.29 is 14.2 Å². The van der Waals surface area contributed by atoms with Crippen molar-refractivity contribution in [1.29, 1.82) is 0 Å². The van der Waals surface area contributed by atoms with Crippen molar-refractivity contribution in [3.63, 3.8) is 0 Å². The first-order chi connectivity index (χ1) is 6.84. The number of benzene rings is 1. The van der Waals surface area contributed by atoms with E-state index in [1.54, 1.807) is 0 Å². The van der Waals surface area contributed by atoms with Gasteiger partial charge in [-0.05, 0) is 33.6 Å². The van der Waals surface area contributed by atoms with Crippen LogP contribution in [0.5, 0.6) is 11.5 Å². The number of hydrogen-bond acceptors (Lipinski definition) is 3. The quantitative estimate of drug-likeness (QED) is 0.723. The van der Waals surface area contributed by atoms with Gasteiger partial charge in [0.1, 0.15) is 19.3 Å². The molecule has 0 saturated carbocycles. The summed E-state index contributed by atoms with van der Waals surface area (Å²) in [7, 11) is 0. The van der Waals surface area contributed by atoms with Crippen LogP contribution in [0.15, 0.2) is 16.6 Å². The van der Waals surface area contributed by atoms with Gasteiger partial charge in [0.05, 0.1) is 11.1 Å². The molecule has 2 aliphatic heterocycles. The summed E-state index contributed by atoms with van der Waals surface area (Å²) in [6.07, 6.45) is 0.252. The average molecular weight is 257 g/mol. The molecule has 0 spiro atoms. The summed E-state index contributed by atoms with van der Waals surface area (Å²) in [5.74, 6) is 1.62. The Labute approximate surface area is 90.1 Å². The van der Waals surface area contributed by atoms with Crippen LogP contribution in [0.25, 0.3) is 0 Å². The van der Waals surface area contributed by atoms with Gasteiger partial charge in [-0.2, -0.15) is 0 Å². The molecule has 0 bridgehead atoms. The Bertz CT molecular complexity index is 374. The molecule has 1 aromatic rings. The van der Waals surface area contributed by atoms with Gasteiger partial charge >= 0.3 is 0 Å². The molecule has 3 nitrogen and oxygen atoms in total. The van der Waals surface area contributed by atoms with E-state index < -0.39 is 0 Å². The third kappa shape index (κ3) is 1.38. The van der Waals surface area contributed by atoms with Crippen molar-refractivity contribution in [3.8, 4) is 11.5 Å². The Morgan fingerprint density at radius 2 is 2.00 bits per heavy atom. The number of fused-ring (bicyclic) bond motifs is 1. The number of epoxide rings is 1. The largest absolute Gasteiger partial charge is 0.486 e. The topological polar surface area (TPSA) is 31.0 Å². The van der Waals surface area contributed by atoms with Gasteiger partial charge in [-0.15, -0.1) is 0 Å². The van der Waals surface area contributed by atoms with Crippen LogP contribution in [0.4, 0.5) is 0 Å². The molecule has 0 aliphatic carbocycles. The first-order valence-corrected chi connectivity index (χ1v) is 5.34. The van der Waals surface area contributed by atoms with E-state index in [1.165, 1.54) is 0 Å². The van der Waals surface area contributed by atoms with Gasteiger partial charge < -0.3 is 14.2 Å². The molecule has 14 heavy (non-hydrogen) atoms. The highest BCUT2D eigenvalue weighted by molar-refractivity contribution is 9.10. The number of halogens is 1. The summed E-state index contributed by atoms with van der Waals surface area (Å²) in [5.41, 5.74) is 1.15. The molecule has 2 heterocycles. The Morgan fingerprint density at radius 3 is 2.79 bits per heavy atom. The number of rotatable bonds is 1. The van der Waals surface area contributed by atoms with Gasteiger partial charge in [0.2, 0.25) is 0 Å². The van der Waals surface area contributed by atoms with Crippen LogP contribution in [-0.4, -0.2) is 19.8 Å². The molecule has 0 radical (unpaired) electrons. The summed E-state index contributed by atoms with van der Waals surface area (Å²) in [6.45, 7) is 2.05. The maximum absolute atomic E-state index is 5.51. The predicted molar refractivity (Wildman–Crippen MR) is 53.8 cm³/mol. The van der Waals surface area contributed by atoms with Crippen molar-refractivity contribution in [1.82, 2.24) is 0 Å². The molecule has 2 aliphatic rings. The van der Waals surface area contributed by atoms with Crippen LogP contribution >= 0.6 is 15.9 Å². The second-order valence-electron chi connectivity index (χ2n) is 3.35. The maximum atomic E-state index is 5.51. The Morgan fingerprint density at radius 1 is 1.21 bits per heavy atom. The molecule has 3 rings (SSSR count). The van der Waals surface area contributed by atoms with E-state index >= 15 is 0 Å². The molecule has 1 atom stereocenters. The SMILES string of the molecule is Brc1cc([C@H]2CO2)cc2c1OCCO2. The van der Waals surface area contributed by atoms with Crippen molar-refractivity contribution in [2.24, 2.45) is 0 Å². The zero-order valence-corrected chi connectivity index (χ0v) is 9.04. The lowest BCUT2D eigenvalue weighted by Gasteiger charge is -2.20. The minimum atomic E-state index is 0.252. The van der Waals surface area contributed by atoms with E-state index in [2.05, 4.69) is 15.9 Å². The van der Waals surface area contributed by atoms with E-state index in [1.807, 2.05) is 12.1 Å². The van der Waals surface area contributed by atoms with Crippen LogP contribution in [0.3, 0.4) is 0 Å². The average Bonchev–Trinajstić information content (AvgIpc) is 3.01. The molecule has 0 N–H and O–H groups in total. The highest BCUT2D eigenvalue weighted by Gasteiger charge is 2.27. The van der Waals surface area contributed by atoms with E-state index in [4.69, 9.17) is 14.2 Å². The van der Waals surface area contributed by atoms with Crippen LogP contribution < -0.4 is 9.47 Å². The highest BCUT2D eigenvalue weighted by Crippen LogP contribution is 2.42. The highest BCUT2D eigenvalue weighted by atomic mass is 79.9. The summed E-state index contributed by atoms with van der Waals surface area (Å²) >= 11 is 3.47. The second kappa shape index (κ2) is 3.14. The molecule has 1 saturated heterocycles. The van der Waals surface area contributed by atoms with E-state index in [9.17, 15) is 0 Å². The van der Waals surface area contributed by atoms with Gasteiger partial charge in [-0.25, -0.2) is 0 Å². The molecular formula is C10H9BrO3. The van der Waals surface area contributed by atoms with Gasteiger partial charge in [-0.1, -0.05) is 0 Å². The first kappa shape index (κ1) is 8.56. The molecule has 1 aromatic carbocycles. The molecular weight excluding hydrogens is 248 g/mol. The van der Waals surface area contributed by atoms with Crippen molar-refractivity contribution in [3.05, 3.63) is 22.2 Å². The van der Waals surface area contributed by atoms with Gasteiger partial charge in [0, 0.05) is 0 Å². The summed E-state index contributed by atoms with van der Waals surface area (Å²) in [4.78, 5) is 0. The van der Waals surface area contributed by atoms with E-state index in [0.717, 1.165) is 28.1 Å². The lowest BCUT2D eigenvalue weighted by atomic mass is 10.1. The van der Waals surface area contributed by atoms with Crippen LogP contribution in [0.2, 0.25) is 0 Å². The van der Waals surface area contributed by atoms with Gasteiger partial charge in [-0.3, -0.25) is 0 Å². The zero-order chi connectivity index (χ0) is 9.54. The fourth-order valence-corrected chi connectivity index (χ4v) is 2.13. The number of ether oxygens (including phenoxy) is 3. The summed E-state index contributed by atoms with van der Waals surface area (Å²) in [6, 6.07) is 4.03. The van der Waals surface area contributed by atoms with Crippen molar-refractivity contribution in [2.45, 2.75) is 6.10 Å². The van der Waals surface area contributed by atoms with E-state index in [-0.39, 0.29) is 6.10 Å². The smallest absolute Gasteiger partial charge is 0.175 e. The first-order valence-electron chi connectivity index (χ1n) is 4.55. The zero-order valence-electron chi connectivity index (χ0n) is 7.46. The third-order valence-electron chi connectivity index (χ3n) is 2.32. The fourth-order valence-electron chi connectivity index (χ4n) is 1.56. The Hall–Kier alpha value is -0.740. The minimum Gasteiger partial charge on any atom is -0.486 e. The molecule has 0 amide bonds. The monoisotopic (exact) mass is 256 g/mol. The predicted octanol–water partition coefficient (Wildman–Crippen LogP) is 2.29. The normalized spacial score (nSPS) is 23.4. The van der Waals surface area contributed by atoms with Crippen molar-refractivity contribution in [2.75, 3.05) is 19.8 Å². The summed E-state index contributed by atoms with van der Waals surface area (Å²) < 4.78 is 17.2. The molecule has 0 unspecified atom stereocenters. The second-order valence-corrected chi connectivity index (χ2v) is 4.20. The van der Waals surface area contributed by atoms with Gasteiger partial charge in [0.15, 0.2) is 11.5 Å². The van der Waals surface area contributed by atoms with Crippen LogP contribution in [0.1, 0.15) is 11.7 Å². The Kier molecular flexibility index (Phi) is 1.92. The van der Waals surface area contributed by atoms with Gasteiger partial charge in [0.25, 0.3) is 0 Å². The maximum Gasteiger partial charge on any atom is 0.175 e. The molecule has 74 valence electrons. The van der Waals surface area contributed by atoms with Crippen molar-refractivity contribution >= 4 is 15.9 Å². The molecule has 4 heteroatoms. The fraction of sp³-hybridized carbons (Fsp3) is 0.400. The standard InChI is InChI=1S/C10H9BrO3/c11-7-3-6(9-5-14-9)4-8-10(7)13-2-1-12-8/h3-4,9H,1-2,5H2/t9-/m1/s1. The van der Waals surface area contributed by atoms with Crippen LogP contribution in [0, 0.1) is 0 Å². The molecule has 0 aromatic heterocycles. The van der Waals surface area contributed by atoms with Crippen LogP contribution in [-0.2, 0) is 4.74 Å². The molecule has 1 fully saturated rings. The third-order valence-corrected chi connectivity index (χ3v) is 2.91. The number of hydrogen-bond donors (Lipinski definition) is 0. The minimum absolute atomic E-state index is 0.252. The van der Waals surface area contributed by atoms with E-state index in [0.29, 0.717) is 13.2 Å². The lowest BCUT2D eigenvalue weighted by Crippen LogP contribution is -2.15.